The Morgan fingerprint density at radius 3 is 2.67 bits per heavy atom. The van der Waals surface area contributed by atoms with Crippen molar-refractivity contribution in [1.82, 2.24) is 24.1 Å². The van der Waals surface area contributed by atoms with Gasteiger partial charge in [0.1, 0.15) is 28.8 Å². The van der Waals surface area contributed by atoms with E-state index >= 15 is 0 Å². The number of nitrogens with two attached hydrogens (primary N) is 2. The SMILES string of the molecule is CC(C)(O/N=C(\C(=O)N[C@@H]1C(=O)N2C(C(=O)O)=C(C[n+]3ccc4c(ccn4Cc4ccc(C(=N)N)cc4F)c3)CS[C@H]12)c1nsc(N)n1)C(=O)O. The standard InChI is InChI=1S/C31H29FN10O7S2/c1-31(2,29(47)48)49-38-20(24-37-30(35)51-39-24)25(43)36-21-26(44)42-22(28(45)46)17(13-50-27(21)42)11-40-7-6-19-16(10-40)5-8-41(19)12-15-4-3-14(23(33)34)9-18(15)32/h3-10,21,27H,11-13H2,1-2H3,(H7-,33,34,35,36,37,39,43,45,46,47,48)/p+1/b38-20-/t21-,27-/m1/s1. The predicted octanol–water partition coefficient (Wildman–Crippen LogP) is 0.857. The lowest BCUT2D eigenvalue weighted by Crippen LogP contribution is -2.71. The normalized spacial score (nSPS) is 17.6. The van der Waals surface area contributed by atoms with Crippen LogP contribution < -0.4 is 21.4 Å². The van der Waals surface area contributed by atoms with E-state index in [4.69, 9.17) is 21.7 Å². The molecule has 0 radical (unpaired) electrons. The van der Waals surface area contributed by atoms with Gasteiger partial charge in [0.2, 0.25) is 17.1 Å². The highest BCUT2D eigenvalue weighted by Gasteiger charge is 2.55. The van der Waals surface area contributed by atoms with Gasteiger partial charge in [-0.2, -0.15) is 9.36 Å². The summed E-state index contributed by atoms with van der Waals surface area (Å²) in [4.78, 5) is 60.8. The number of oxime groups is 1. The van der Waals surface area contributed by atoms with Gasteiger partial charge in [-0.05, 0) is 26.0 Å². The Morgan fingerprint density at radius 2 is 2.02 bits per heavy atom. The molecule has 20 heteroatoms. The van der Waals surface area contributed by atoms with Gasteiger partial charge in [0.15, 0.2) is 24.1 Å². The zero-order valence-electron chi connectivity index (χ0n) is 26.9. The first-order chi connectivity index (χ1) is 24.1. The number of aliphatic carboxylic acids is 2. The maximum atomic E-state index is 14.7. The van der Waals surface area contributed by atoms with E-state index in [9.17, 15) is 33.8 Å². The Morgan fingerprint density at radius 1 is 1.25 bits per heavy atom. The summed E-state index contributed by atoms with van der Waals surface area (Å²) in [6.45, 7) is 2.81. The minimum absolute atomic E-state index is 0.00257. The van der Waals surface area contributed by atoms with E-state index in [1.165, 1.54) is 31.7 Å². The number of carboxylic acids is 2. The Balaban J connectivity index is 1.18. The summed E-state index contributed by atoms with van der Waals surface area (Å²) in [6, 6.07) is 6.92. The van der Waals surface area contributed by atoms with Crippen LogP contribution in [0.15, 0.2) is 65.3 Å². The summed E-state index contributed by atoms with van der Waals surface area (Å²) in [7, 11) is 0. The van der Waals surface area contributed by atoms with Crippen molar-refractivity contribution in [2.45, 2.75) is 44.0 Å². The number of aromatic nitrogens is 4. The second-order valence-electron chi connectivity index (χ2n) is 12.0. The number of nitrogens with one attached hydrogen (secondary N) is 2. The largest absolute Gasteiger partial charge is 0.478 e. The van der Waals surface area contributed by atoms with Crippen molar-refractivity contribution in [2.75, 3.05) is 11.5 Å². The monoisotopic (exact) mass is 737 g/mol. The number of nitrogens with zero attached hydrogens (tertiary/aromatic N) is 6. The van der Waals surface area contributed by atoms with Crippen molar-refractivity contribution >= 4 is 74.6 Å². The van der Waals surface area contributed by atoms with E-state index in [-0.39, 0.29) is 41.3 Å². The lowest BCUT2D eigenvalue weighted by molar-refractivity contribution is -0.687. The van der Waals surface area contributed by atoms with E-state index in [0.717, 1.165) is 27.3 Å². The summed E-state index contributed by atoms with van der Waals surface area (Å²) in [5.74, 6) is -5.02. The van der Waals surface area contributed by atoms with Crippen LogP contribution in [0, 0.1) is 11.2 Å². The maximum absolute atomic E-state index is 14.7. The molecule has 8 N–H and O–H groups in total. The van der Waals surface area contributed by atoms with Crippen molar-refractivity contribution in [2.24, 2.45) is 10.9 Å². The number of thioether (sulfide) groups is 1. The number of carbonyl (C=O) groups excluding carboxylic acids is 2. The molecular formula is C31H30FN10O7S2+. The molecule has 2 atom stereocenters. The van der Waals surface area contributed by atoms with Crippen LogP contribution in [0.4, 0.5) is 9.52 Å². The van der Waals surface area contributed by atoms with Crippen LogP contribution in [-0.4, -0.2) is 87.1 Å². The number of hydrogen-bond acceptors (Lipinski definition) is 12. The molecule has 2 aliphatic rings. The highest BCUT2D eigenvalue weighted by molar-refractivity contribution is 8.00. The van der Waals surface area contributed by atoms with Gasteiger partial charge in [-0.15, -0.1) is 11.8 Å². The van der Waals surface area contributed by atoms with Crippen molar-refractivity contribution < 1.29 is 43.2 Å². The van der Waals surface area contributed by atoms with Gasteiger partial charge in [-0.3, -0.25) is 19.9 Å². The zero-order valence-corrected chi connectivity index (χ0v) is 28.5. The Labute approximate surface area is 296 Å². The van der Waals surface area contributed by atoms with E-state index in [2.05, 4.69) is 19.8 Å². The van der Waals surface area contributed by atoms with Crippen LogP contribution in [0.3, 0.4) is 0 Å². The van der Waals surface area contributed by atoms with Crippen molar-refractivity contribution in [1.29, 1.82) is 5.41 Å². The molecule has 0 aliphatic carbocycles. The maximum Gasteiger partial charge on any atom is 0.352 e. The molecule has 1 aromatic carbocycles. The number of carbonyl (C=O) groups is 4. The van der Waals surface area contributed by atoms with Gasteiger partial charge >= 0.3 is 11.9 Å². The van der Waals surface area contributed by atoms with E-state index in [0.29, 0.717) is 16.7 Å². The van der Waals surface area contributed by atoms with Crippen LogP contribution >= 0.6 is 23.3 Å². The minimum Gasteiger partial charge on any atom is -0.478 e. The summed E-state index contributed by atoms with van der Waals surface area (Å²) in [6.07, 6.45) is 5.38. The van der Waals surface area contributed by atoms with Crippen LogP contribution in [0.2, 0.25) is 0 Å². The van der Waals surface area contributed by atoms with Gasteiger partial charge in [0.25, 0.3) is 11.8 Å². The molecule has 3 aromatic heterocycles. The molecule has 1 saturated heterocycles. The molecule has 1 fully saturated rings. The number of amidine groups is 1. The zero-order chi connectivity index (χ0) is 36.8. The number of nitrogen functional groups attached to an aromatic ring is 2. The summed E-state index contributed by atoms with van der Waals surface area (Å²) in [5.41, 5.74) is 10.6. The number of pyridine rings is 1. The van der Waals surface area contributed by atoms with Crippen LogP contribution in [-0.2, 0) is 37.1 Å². The number of carboxylic acid groups (broad SMARTS) is 2. The van der Waals surface area contributed by atoms with Gasteiger partial charge in [0.05, 0.1) is 17.4 Å². The average molecular weight is 738 g/mol. The van der Waals surface area contributed by atoms with Gasteiger partial charge in [0, 0.05) is 46.2 Å². The van der Waals surface area contributed by atoms with Crippen LogP contribution in [0.1, 0.15) is 30.8 Å². The predicted molar refractivity (Wildman–Crippen MR) is 182 cm³/mol. The molecule has 2 aliphatic heterocycles. The first kappa shape index (κ1) is 35.0. The Hall–Kier alpha value is -5.89. The first-order valence-corrected chi connectivity index (χ1v) is 16.9. The highest BCUT2D eigenvalue weighted by Crippen LogP contribution is 2.40. The Kier molecular flexibility index (Phi) is 9.21. The van der Waals surface area contributed by atoms with E-state index in [1.54, 1.807) is 29.1 Å². The molecule has 6 rings (SSSR count). The molecular weight excluding hydrogens is 708 g/mol. The molecule has 51 heavy (non-hydrogen) atoms. The molecule has 4 aromatic rings. The third-order valence-electron chi connectivity index (χ3n) is 8.13. The minimum atomic E-state index is -1.82. The number of amides is 2. The fourth-order valence-corrected chi connectivity index (χ4v) is 7.17. The van der Waals surface area contributed by atoms with Gasteiger partial charge < -0.3 is 36.4 Å². The highest BCUT2D eigenvalue weighted by atomic mass is 32.2. The second kappa shape index (κ2) is 13.4. The lowest BCUT2D eigenvalue weighted by Gasteiger charge is -2.49. The quantitative estimate of drug-likeness (QED) is 0.0389. The summed E-state index contributed by atoms with van der Waals surface area (Å²) < 4.78 is 22.3. The number of halogens is 1. The van der Waals surface area contributed by atoms with Crippen molar-refractivity contribution in [3.63, 3.8) is 0 Å². The fraction of sp³-hybridized carbons (Fsp3) is 0.258. The number of anilines is 1. The van der Waals surface area contributed by atoms with Crippen LogP contribution in [0.25, 0.3) is 10.9 Å². The van der Waals surface area contributed by atoms with Crippen molar-refractivity contribution in [3.8, 4) is 0 Å². The molecule has 17 nitrogen and oxygen atoms in total. The molecule has 0 unspecified atom stereocenters. The number of β-lactam (4-membered cyclic amide) rings is 1. The number of rotatable bonds is 12. The second-order valence-corrected chi connectivity index (χ2v) is 13.9. The summed E-state index contributed by atoms with van der Waals surface area (Å²) >= 11 is 2.02. The molecule has 5 heterocycles. The third-order valence-corrected chi connectivity index (χ3v) is 10.0. The number of hydrogen-bond donors (Lipinski definition) is 6. The average Bonchev–Trinajstić information content (AvgIpc) is 3.69. The molecule has 0 bridgehead atoms. The van der Waals surface area contributed by atoms with Crippen molar-refractivity contribution in [3.05, 3.63) is 83.0 Å². The Bertz CT molecular complexity index is 2200. The fourth-order valence-electron chi connectivity index (χ4n) is 5.40. The third kappa shape index (κ3) is 6.82. The van der Waals surface area contributed by atoms with Gasteiger partial charge in [-0.25, -0.2) is 18.5 Å². The van der Waals surface area contributed by atoms with E-state index in [1.807, 2.05) is 22.9 Å². The molecule has 0 saturated carbocycles. The van der Waals surface area contributed by atoms with Crippen LogP contribution in [0.5, 0.6) is 0 Å². The smallest absolute Gasteiger partial charge is 0.352 e. The lowest BCUT2D eigenvalue weighted by atomic mass is 10.0. The molecule has 264 valence electrons. The topological polar surface area (TPSA) is 256 Å². The summed E-state index contributed by atoms with van der Waals surface area (Å²) in [5, 5.41) is 33.3. The first-order valence-electron chi connectivity index (χ1n) is 15.1. The number of fused-ring (bicyclic) bond motifs is 2. The molecule has 0 spiro atoms. The van der Waals surface area contributed by atoms with Gasteiger partial charge in [-0.1, -0.05) is 17.3 Å². The number of benzene rings is 1. The van der Waals surface area contributed by atoms with E-state index < -0.39 is 52.3 Å². The molecule has 2 amide bonds.